The highest BCUT2D eigenvalue weighted by atomic mass is 16.5. The molecular formula is C12H26N2O2. The summed E-state index contributed by atoms with van der Waals surface area (Å²) < 4.78 is 5.19. The maximum atomic E-state index is 11.6. The van der Waals surface area contributed by atoms with Crippen LogP contribution in [0.15, 0.2) is 0 Å². The molecule has 0 fully saturated rings. The molecule has 16 heavy (non-hydrogen) atoms. The summed E-state index contributed by atoms with van der Waals surface area (Å²) in [6, 6.07) is 0. The van der Waals surface area contributed by atoms with E-state index in [1.165, 1.54) is 0 Å². The van der Waals surface area contributed by atoms with Crippen molar-refractivity contribution in [1.82, 2.24) is 4.90 Å². The highest BCUT2D eigenvalue weighted by Gasteiger charge is 2.07. The molecule has 2 N–H and O–H groups in total. The predicted molar refractivity (Wildman–Crippen MR) is 66.3 cm³/mol. The minimum absolute atomic E-state index is 0.215. The number of rotatable bonds is 10. The van der Waals surface area contributed by atoms with Crippen molar-refractivity contribution in [2.24, 2.45) is 5.73 Å². The molecule has 0 heterocycles. The van der Waals surface area contributed by atoms with E-state index in [0.717, 1.165) is 45.4 Å². The Kier molecular flexibility index (Phi) is 10.5. The topological polar surface area (TPSA) is 55.6 Å². The number of nitrogens with two attached hydrogens (primary N) is 1. The van der Waals surface area contributed by atoms with Gasteiger partial charge in [-0.15, -0.1) is 0 Å². The van der Waals surface area contributed by atoms with Crippen LogP contribution in [0.4, 0.5) is 0 Å². The lowest BCUT2D eigenvalue weighted by Gasteiger charge is -2.16. The summed E-state index contributed by atoms with van der Waals surface area (Å²) in [5.74, 6) is 0.215. The fourth-order valence-corrected chi connectivity index (χ4v) is 1.46. The summed E-state index contributed by atoms with van der Waals surface area (Å²) in [6.07, 6.45) is 4.61. The zero-order chi connectivity index (χ0) is 12.2. The molecule has 0 aliphatic rings. The Morgan fingerprint density at radius 3 is 2.62 bits per heavy atom. The Labute approximate surface area is 99.1 Å². The monoisotopic (exact) mass is 230 g/mol. The van der Waals surface area contributed by atoms with Gasteiger partial charge in [-0.25, -0.2) is 0 Å². The summed E-state index contributed by atoms with van der Waals surface area (Å²) in [4.78, 5) is 13.4. The van der Waals surface area contributed by atoms with Crippen LogP contribution in [-0.4, -0.2) is 44.2 Å². The first-order valence-corrected chi connectivity index (χ1v) is 6.24. The van der Waals surface area contributed by atoms with Gasteiger partial charge in [0.05, 0.1) is 0 Å². The quantitative estimate of drug-likeness (QED) is 0.577. The van der Waals surface area contributed by atoms with Crippen molar-refractivity contribution < 1.29 is 9.53 Å². The highest BCUT2D eigenvalue weighted by molar-refractivity contribution is 5.75. The molecule has 1 amide bonds. The summed E-state index contributed by atoms with van der Waals surface area (Å²) in [5, 5.41) is 0. The van der Waals surface area contributed by atoms with Gasteiger partial charge in [0.2, 0.25) is 5.91 Å². The molecule has 0 aliphatic heterocycles. The molecule has 0 aromatic heterocycles. The standard InChI is InChI=1S/C12H26N2O2/c1-3-16-11-7-8-12(15)14(2)10-6-4-5-9-13/h3-11,13H2,1-2H3. The number of hydrogen-bond acceptors (Lipinski definition) is 3. The van der Waals surface area contributed by atoms with Crippen molar-refractivity contribution in [3.8, 4) is 0 Å². The average Bonchev–Trinajstić information content (AvgIpc) is 2.29. The maximum absolute atomic E-state index is 11.6. The molecule has 0 radical (unpaired) electrons. The van der Waals surface area contributed by atoms with E-state index in [2.05, 4.69) is 0 Å². The van der Waals surface area contributed by atoms with Gasteiger partial charge in [-0.2, -0.15) is 0 Å². The van der Waals surface area contributed by atoms with Gasteiger partial charge in [0.15, 0.2) is 0 Å². The van der Waals surface area contributed by atoms with Gasteiger partial charge >= 0.3 is 0 Å². The van der Waals surface area contributed by atoms with E-state index in [-0.39, 0.29) is 5.91 Å². The number of unbranched alkanes of at least 4 members (excludes halogenated alkanes) is 2. The molecule has 0 spiro atoms. The number of ether oxygens (including phenoxy) is 1. The van der Waals surface area contributed by atoms with Crippen LogP contribution in [0.2, 0.25) is 0 Å². The Bertz CT molecular complexity index is 174. The van der Waals surface area contributed by atoms with Crippen LogP contribution in [0.1, 0.15) is 39.0 Å². The number of carbonyl (C=O) groups excluding carboxylic acids is 1. The molecule has 0 aromatic carbocycles. The number of amides is 1. The number of hydrogen-bond donors (Lipinski definition) is 1. The SMILES string of the molecule is CCOCCCC(=O)N(C)CCCCCN. The number of carbonyl (C=O) groups is 1. The minimum Gasteiger partial charge on any atom is -0.382 e. The summed E-state index contributed by atoms with van der Waals surface area (Å²) >= 11 is 0. The Hall–Kier alpha value is -0.610. The van der Waals surface area contributed by atoms with Crippen LogP contribution in [0.25, 0.3) is 0 Å². The van der Waals surface area contributed by atoms with E-state index in [9.17, 15) is 4.79 Å². The molecule has 96 valence electrons. The van der Waals surface area contributed by atoms with Crippen molar-refractivity contribution in [1.29, 1.82) is 0 Å². The highest BCUT2D eigenvalue weighted by Crippen LogP contribution is 2.00. The normalized spacial score (nSPS) is 10.4. The maximum Gasteiger partial charge on any atom is 0.222 e. The van der Waals surface area contributed by atoms with Gasteiger partial charge in [0.1, 0.15) is 0 Å². The smallest absolute Gasteiger partial charge is 0.222 e. The molecule has 0 saturated heterocycles. The number of nitrogens with zero attached hydrogens (tertiary/aromatic N) is 1. The van der Waals surface area contributed by atoms with E-state index in [1.54, 1.807) is 0 Å². The second kappa shape index (κ2) is 10.9. The molecule has 0 bridgehead atoms. The van der Waals surface area contributed by atoms with Crippen molar-refractivity contribution in [3.05, 3.63) is 0 Å². The zero-order valence-electron chi connectivity index (χ0n) is 10.7. The van der Waals surface area contributed by atoms with E-state index in [1.807, 2.05) is 18.9 Å². The first-order valence-electron chi connectivity index (χ1n) is 6.24. The van der Waals surface area contributed by atoms with Crippen LogP contribution in [0.5, 0.6) is 0 Å². The average molecular weight is 230 g/mol. The lowest BCUT2D eigenvalue weighted by molar-refractivity contribution is -0.130. The molecule has 4 nitrogen and oxygen atoms in total. The molecular weight excluding hydrogens is 204 g/mol. The van der Waals surface area contributed by atoms with E-state index in [0.29, 0.717) is 13.0 Å². The van der Waals surface area contributed by atoms with Crippen LogP contribution < -0.4 is 5.73 Å². The predicted octanol–water partition coefficient (Wildman–Crippen LogP) is 1.39. The van der Waals surface area contributed by atoms with E-state index < -0.39 is 0 Å². The first kappa shape index (κ1) is 15.4. The Morgan fingerprint density at radius 1 is 1.25 bits per heavy atom. The fourth-order valence-electron chi connectivity index (χ4n) is 1.46. The molecule has 0 aliphatic carbocycles. The van der Waals surface area contributed by atoms with E-state index >= 15 is 0 Å². The summed E-state index contributed by atoms with van der Waals surface area (Å²) in [6.45, 7) is 4.96. The largest absolute Gasteiger partial charge is 0.382 e. The Morgan fingerprint density at radius 2 is 2.00 bits per heavy atom. The summed E-state index contributed by atoms with van der Waals surface area (Å²) in [7, 11) is 1.87. The van der Waals surface area contributed by atoms with Gasteiger partial charge < -0.3 is 15.4 Å². The lowest BCUT2D eigenvalue weighted by atomic mass is 10.2. The third-order valence-corrected chi connectivity index (χ3v) is 2.51. The van der Waals surface area contributed by atoms with Crippen molar-refractivity contribution >= 4 is 5.91 Å². The molecule has 0 aromatic rings. The molecule has 0 unspecified atom stereocenters. The van der Waals surface area contributed by atoms with Gasteiger partial charge in [-0.3, -0.25) is 4.79 Å². The van der Waals surface area contributed by atoms with Gasteiger partial charge in [0, 0.05) is 33.2 Å². The van der Waals surface area contributed by atoms with Crippen LogP contribution in [0.3, 0.4) is 0 Å². The lowest BCUT2D eigenvalue weighted by Crippen LogP contribution is -2.27. The molecule has 0 saturated carbocycles. The molecule has 0 atom stereocenters. The summed E-state index contributed by atoms with van der Waals surface area (Å²) in [5.41, 5.74) is 5.40. The molecule has 4 heteroatoms. The van der Waals surface area contributed by atoms with Gasteiger partial charge in [-0.1, -0.05) is 6.42 Å². The van der Waals surface area contributed by atoms with Crippen LogP contribution in [0, 0.1) is 0 Å². The second-order valence-corrected chi connectivity index (χ2v) is 3.97. The van der Waals surface area contributed by atoms with Crippen molar-refractivity contribution in [2.75, 3.05) is 33.4 Å². The third kappa shape index (κ3) is 8.68. The Balaban J connectivity index is 3.42. The minimum atomic E-state index is 0.215. The van der Waals surface area contributed by atoms with Crippen LogP contribution in [-0.2, 0) is 9.53 Å². The molecule has 0 rings (SSSR count). The van der Waals surface area contributed by atoms with Crippen LogP contribution >= 0.6 is 0 Å². The van der Waals surface area contributed by atoms with E-state index in [4.69, 9.17) is 10.5 Å². The first-order chi connectivity index (χ1) is 7.72. The fraction of sp³-hybridized carbons (Fsp3) is 0.917. The van der Waals surface area contributed by atoms with Gasteiger partial charge in [-0.05, 0) is 32.7 Å². The second-order valence-electron chi connectivity index (χ2n) is 3.97. The van der Waals surface area contributed by atoms with Crippen molar-refractivity contribution in [3.63, 3.8) is 0 Å². The van der Waals surface area contributed by atoms with Crippen molar-refractivity contribution in [2.45, 2.75) is 39.0 Å². The third-order valence-electron chi connectivity index (χ3n) is 2.51. The van der Waals surface area contributed by atoms with Gasteiger partial charge in [0.25, 0.3) is 0 Å². The zero-order valence-corrected chi connectivity index (χ0v) is 10.7.